The normalized spacial score (nSPS) is 15.1. The van der Waals surface area contributed by atoms with E-state index in [1.165, 1.54) is 13.0 Å². The van der Waals surface area contributed by atoms with E-state index >= 15 is 0 Å². The number of nitrogens with one attached hydrogen (secondary N) is 1. The fraction of sp³-hybridized carbons (Fsp3) is 0.231. The molecule has 1 saturated heterocycles. The number of ketones is 1. The molecule has 1 aromatic heterocycles. The SMILES string of the molecule is CC(=O)c1ccc(N2CCN(C(=O)C(NS(=O)(=O)c3cccc4nsnc34)c3ccccc3)CC2)cc1. The smallest absolute Gasteiger partial charge is 0.245 e. The molecule has 9 nitrogen and oxygen atoms in total. The fourth-order valence-corrected chi connectivity index (χ4v) is 6.34. The lowest BCUT2D eigenvalue weighted by atomic mass is 10.1. The molecule has 1 aliphatic heterocycles. The van der Waals surface area contributed by atoms with Crippen molar-refractivity contribution in [1.29, 1.82) is 0 Å². The van der Waals surface area contributed by atoms with E-state index in [0.29, 0.717) is 42.8 Å². The van der Waals surface area contributed by atoms with Crippen molar-refractivity contribution in [2.45, 2.75) is 17.9 Å². The molecule has 37 heavy (non-hydrogen) atoms. The predicted octanol–water partition coefficient (Wildman–Crippen LogP) is 3.26. The van der Waals surface area contributed by atoms with Gasteiger partial charge in [-0.15, -0.1) is 0 Å². The van der Waals surface area contributed by atoms with Gasteiger partial charge in [-0.1, -0.05) is 36.4 Å². The average Bonchev–Trinajstić information content (AvgIpc) is 3.41. The Hall–Kier alpha value is -3.67. The summed E-state index contributed by atoms with van der Waals surface area (Å²) < 4.78 is 37.8. The molecule has 1 aliphatic rings. The Kier molecular flexibility index (Phi) is 7.00. The Labute approximate surface area is 219 Å². The fourth-order valence-electron chi connectivity index (χ4n) is 4.40. The Bertz CT molecular complexity index is 1530. The largest absolute Gasteiger partial charge is 0.368 e. The molecule has 0 spiro atoms. The third-order valence-corrected chi connectivity index (χ3v) is 8.42. The Morgan fingerprint density at radius 1 is 0.892 bits per heavy atom. The number of rotatable bonds is 7. The number of hydrogen-bond acceptors (Lipinski definition) is 8. The van der Waals surface area contributed by atoms with Crippen molar-refractivity contribution >= 4 is 50.2 Å². The first-order chi connectivity index (χ1) is 17.8. The number of benzene rings is 3. The summed E-state index contributed by atoms with van der Waals surface area (Å²) in [6.07, 6.45) is 0. The van der Waals surface area contributed by atoms with Gasteiger partial charge in [0.1, 0.15) is 22.0 Å². The van der Waals surface area contributed by atoms with Crippen molar-refractivity contribution < 1.29 is 18.0 Å². The first-order valence-corrected chi connectivity index (χ1v) is 14.0. The van der Waals surface area contributed by atoms with E-state index in [9.17, 15) is 18.0 Å². The van der Waals surface area contributed by atoms with Gasteiger partial charge in [0.25, 0.3) is 0 Å². The molecule has 0 bridgehead atoms. The van der Waals surface area contributed by atoms with E-state index in [2.05, 4.69) is 18.4 Å². The number of fused-ring (bicyclic) bond motifs is 1. The van der Waals surface area contributed by atoms with Gasteiger partial charge < -0.3 is 9.80 Å². The van der Waals surface area contributed by atoms with E-state index in [1.54, 1.807) is 53.4 Å². The lowest BCUT2D eigenvalue weighted by molar-refractivity contribution is -0.133. The van der Waals surface area contributed by atoms with E-state index < -0.39 is 16.1 Å². The zero-order valence-corrected chi connectivity index (χ0v) is 21.7. The van der Waals surface area contributed by atoms with Gasteiger partial charge in [0.15, 0.2) is 5.78 Å². The Morgan fingerprint density at radius 3 is 2.27 bits per heavy atom. The van der Waals surface area contributed by atoms with Crippen LogP contribution in [0.1, 0.15) is 28.9 Å². The lowest BCUT2D eigenvalue weighted by Gasteiger charge is -2.37. The highest BCUT2D eigenvalue weighted by Gasteiger charge is 2.33. The third-order valence-electron chi connectivity index (χ3n) is 6.42. The summed E-state index contributed by atoms with van der Waals surface area (Å²) in [5, 5.41) is 0. The highest BCUT2D eigenvalue weighted by Crippen LogP contribution is 2.26. The quantitative estimate of drug-likeness (QED) is 0.362. The standard InChI is InChI=1S/C26H25N5O4S2/c1-18(32)19-10-12-21(13-11-19)30-14-16-31(17-15-30)26(33)24(20-6-3-2-4-7-20)29-37(34,35)23-9-5-8-22-25(23)28-36-27-22/h2-13,24,29H,14-17H2,1H3. The van der Waals surface area contributed by atoms with Crippen molar-refractivity contribution in [2.75, 3.05) is 31.1 Å². The molecule has 1 amide bonds. The number of anilines is 1. The van der Waals surface area contributed by atoms with Gasteiger partial charge in [-0.2, -0.15) is 13.5 Å². The van der Waals surface area contributed by atoms with Crippen LogP contribution in [0.15, 0.2) is 77.7 Å². The molecule has 1 atom stereocenters. The summed E-state index contributed by atoms with van der Waals surface area (Å²) >= 11 is 0.939. The van der Waals surface area contributed by atoms with Gasteiger partial charge in [0, 0.05) is 37.4 Å². The van der Waals surface area contributed by atoms with Crippen LogP contribution < -0.4 is 9.62 Å². The average molecular weight is 536 g/mol. The number of hydrogen-bond donors (Lipinski definition) is 1. The minimum Gasteiger partial charge on any atom is -0.368 e. The van der Waals surface area contributed by atoms with Crippen LogP contribution in [0.3, 0.4) is 0 Å². The molecule has 4 aromatic rings. The molecule has 3 aromatic carbocycles. The molecule has 0 saturated carbocycles. The number of amides is 1. The van der Waals surface area contributed by atoms with Crippen LogP contribution in [-0.4, -0.2) is 59.9 Å². The first-order valence-electron chi connectivity index (χ1n) is 11.8. The first kappa shape index (κ1) is 25.0. The number of nitrogens with zero attached hydrogens (tertiary/aromatic N) is 4. The molecule has 1 N–H and O–H groups in total. The molecule has 190 valence electrons. The molecule has 5 rings (SSSR count). The van der Waals surface area contributed by atoms with Gasteiger partial charge in [-0.3, -0.25) is 9.59 Å². The van der Waals surface area contributed by atoms with Crippen molar-refractivity contribution in [1.82, 2.24) is 18.4 Å². The maximum atomic E-state index is 13.7. The molecule has 1 fully saturated rings. The molecule has 11 heteroatoms. The molecule has 0 radical (unpaired) electrons. The summed E-state index contributed by atoms with van der Waals surface area (Å²) in [6, 6.07) is 19.9. The van der Waals surface area contributed by atoms with Gasteiger partial charge >= 0.3 is 0 Å². The van der Waals surface area contributed by atoms with Crippen LogP contribution in [-0.2, 0) is 14.8 Å². The number of sulfonamides is 1. The van der Waals surface area contributed by atoms with Crippen LogP contribution in [0.4, 0.5) is 5.69 Å². The lowest BCUT2D eigenvalue weighted by Crippen LogP contribution is -2.52. The topological polar surface area (TPSA) is 113 Å². The monoisotopic (exact) mass is 535 g/mol. The number of carbonyl (C=O) groups excluding carboxylic acids is 2. The maximum Gasteiger partial charge on any atom is 0.245 e. The molecule has 2 heterocycles. The minimum absolute atomic E-state index is 0.00805. The van der Waals surface area contributed by atoms with Crippen molar-refractivity contribution in [3.8, 4) is 0 Å². The maximum absolute atomic E-state index is 13.7. The summed E-state index contributed by atoms with van der Waals surface area (Å²) in [7, 11) is -4.08. The highest BCUT2D eigenvalue weighted by molar-refractivity contribution is 7.89. The summed E-state index contributed by atoms with van der Waals surface area (Å²) in [6.45, 7) is 3.57. The van der Waals surface area contributed by atoms with Crippen LogP contribution >= 0.6 is 11.7 Å². The molecule has 1 unspecified atom stereocenters. The molecular weight excluding hydrogens is 510 g/mol. The second-order valence-electron chi connectivity index (χ2n) is 8.77. The molecule has 0 aliphatic carbocycles. The van der Waals surface area contributed by atoms with E-state index in [-0.39, 0.29) is 22.1 Å². The van der Waals surface area contributed by atoms with Crippen LogP contribution in [0.2, 0.25) is 0 Å². The van der Waals surface area contributed by atoms with Gasteiger partial charge in [-0.05, 0) is 48.9 Å². The van der Waals surface area contributed by atoms with Crippen LogP contribution in [0, 0.1) is 0 Å². The van der Waals surface area contributed by atoms with Gasteiger partial charge in [0.2, 0.25) is 15.9 Å². The van der Waals surface area contributed by atoms with E-state index in [4.69, 9.17) is 0 Å². The number of piperazine rings is 1. The zero-order valence-electron chi connectivity index (χ0n) is 20.1. The van der Waals surface area contributed by atoms with Crippen molar-refractivity contribution in [3.05, 3.63) is 83.9 Å². The molecular formula is C26H25N5O4S2. The van der Waals surface area contributed by atoms with Crippen molar-refractivity contribution in [3.63, 3.8) is 0 Å². The van der Waals surface area contributed by atoms with Crippen molar-refractivity contribution in [2.24, 2.45) is 0 Å². The Morgan fingerprint density at radius 2 is 1.59 bits per heavy atom. The van der Waals surface area contributed by atoms with Gasteiger partial charge in [-0.25, -0.2) is 8.42 Å². The number of Topliss-reactive ketones (excluding diaryl/α,β-unsaturated/α-hetero) is 1. The van der Waals surface area contributed by atoms with E-state index in [1.807, 2.05) is 18.2 Å². The highest BCUT2D eigenvalue weighted by atomic mass is 32.2. The van der Waals surface area contributed by atoms with Crippen LogP contribution in [0.25, 0.3) is 11.0 Å². The number of aromatic nitrogens is 2. The Balaban J connectivity index is 1.36. The third kappa shape index (κ3) is 5.24. The van der Waals surface area contributed by atoms with Gasteiger partial charge in [0.05, 0.1) is 11.7 Å². The summed E-state index contributed by atoms with van der Waals surface area (Å²) in [5.74, 6) is -0.302. The summed E-state index contributed by atoms with van der Waals surface area (Å²) in [5.41, 5.74) is 2.95. The summed E-state index contributed by atoms with van der Waals surface area (Å²) in [4.78, 5) is 29.1. The second kappa shape index (κ2) is 10.4. The minimum atomic E-state index is -4.08. The second-order valence-corrected chi connectivity index (χ2v) is 11.0. The van der Waals surface area contributed by atoms with E-state index in [0.717, 1.165) is 17.4 Å². The van der Waals surface area contributed by atoms with Crippen LogP contribution in [0.5, 0.6) is 0 Å². The predicted molar refractivity (Wildman–Crippen MR) is 142 cm³/mol. The zero-order chi connectivity index (χ0) is 26.0. The number of carbonyl (C=O) groups is 2.